The first kappa shape index (κ1) is 15.3. The summed E-state index contributed by atoms with van der Waals surface area (Å²) in [6, 6.07) is 7.74. The van der Waals surface area contributed by atoms with Gasteiger partial charge in [-0.15, -0.1) is 0 Å². The van der Waals surface area contributed by atoms with Crippen molar-refractivity contribution in [2.45, 2.75) is 19.3 Å². The van der Waals surface area contributed by atoms with Crippen LogP contribution in [0.4, 0.5) is 0 Å². The van der Waals surface area contributed by atoms with Crippen LogP contribution in [0.2, 0.25) is 0 Å². The van der Waals surface area contributed by atoms with E-state index in [9.17, 15) is 4.79 Å². The van der Waals surface area contributed by atoms with Crippen LogP contribution in [0.3, 0.4) is 0 Å². The zero-order valence-corrected chi connectivity index (χ0v) is 13.1. The first-order valence-corrected chi connectivity index (χ1v) is 7.85. The second-order valence-electron chi connectivity index (χ2n) is 5.11. The molecule has 1 aromatic carbocycles. The Kier molecular flexibility index (Phi) is 5.86. The second kappa shape index (κ2) is 7.64. The number of nitrogens with zero attached hydrogens (tertiary/aromatic N) is 1. The van der Waals surface area contributed by atoms with Gasteiger partial charge in [0.15, 0.2) is 0 Å². The van der Waals surface area contributed by atoms with E-state index in [1.807, 2.05) is 29.2 Å². The minimum Gasteiger partial charge on any atom is -0.492 e. The van der Waals surface area contributed by atoms with Gasteiger partial charge >= 0.3 is 0 Å². The maximum absolute atomic E-state index is 12.0. The van der Waals surface area contributed by atoms with E-state index in [2.05, 4.69) is 15.9 Å². The van der Waals surface area contributed by atoms with Crippen molar-refractivity contribution in [3.63, 3.8) is 0 Å². The van der Waals surface area contributed by atoms with E-state index in [0.717, 1.165) is 36.2 Å². The topological polar surface area (TPSA) is 55.6 Å². The molecule has 110 valence electrons. The summed E-state index contributed by atoms with van der Waals surface area (Å²) in [5.41, 5.74) is 5.63. The lowest BCUT2D eigenvalue weighted by Crippen LogP contribution is -2.29. The number of nitrogens with two attached hydrogens (primary N) is 1. The van der Waals surface area contributed by atoms with E-state index in [1.165, 1.54) is 0 Å². The van der Waals surface area contributed by atoms with Gasteiger partial charge in [-0.1, -0.05) is 12.1 Å². The van der Waals surface area contributed by atoms with Gasteiger partial charge in [0.1, 0.15) is 5.75 Å². The lowest BCUT2D eigenvalue weighted by atomic mass is 10.1. The van der Waals surface area contributed by atoms with Crippen LogP contribution in [0.1, 0.15) is 19.3 Å². The standard InChI is InChI=1S/C15H21BrN2O2/c16-13-4-1-2-5-14(13)20-9-3-6-15(19)18-8-7-12(10-17)11-18/h1-2,4-5,12H,3,6-11,17H2. The minimum atomic E-state index is 0.219. The third kappa shape index (κ3) is 4.21. The Hall–Kier alpha value is -1.07. The number of hydrogen-bond acceptors (Lipinski definition) is 3. The molecule has 0 aromatic heterocycles. The Morgan fingerprint density at radius 2 is 2.25 bits per heavy atom. The fraction of sp³-hybridized carbons (Fsp3) is 0.533. The Balaban J connectivity index is 1.66. The summed E-state index contributed by atoms with van der Waals surface area (Å²) in [7, 11) is 0. The van der Waals surface area contributed by atoms with Gasteiger partial charge in [0.2, 0.25) is 5.91 Å². The molecule has 1 fully saturated rings. The molecule has 5 heteroatoms. The lowest BCUT2D eigenvalue weighted by molar-refractivity contribution is -0.130. The van der Waals surface area contributed by atoms with Crippen LogP contribution in [0.5, 0.6) is 5.75 Å². The lowest BCUT2D eigenvalue weighted by Gasteiger charge is -2.16. The molecular formula is C15H21BrN2O2. The van der Waals surface area contributed by atoms with Crippen LogP contribution in [-0.2, 0) is 4.79 Å². The van der Waals surface area contributed by atoms with Crippen LogP contribution in [0.25, 0.3) is 0 Å². The molecule has 1 amide bonds. The molecule has 0 spiro atoms. The summed E-state index contributed by atoms with van der Waals surface area (Å²) >= 11 is 3.43. The Morgan fingerprint density at radius 1 is 1.45 bits per heavy atom. The van der Waals surface area contributed by atoms with Crippen molar-refractivity contribution in [1.82, 2.24) is 4.90 Å². The van der Waals surface area contributed by atoms with E-state index < -0.39 is 0 Å². The molecule has 0 bridgehead atoms. The number of likely N-dealkylation sites (tertiary alicyclic amines) is 1. The van der Waals surface area contributed by atoms with E-state index in [4.69, 9.17) is 10.5 Å². The van der Waals surface area contributed by atoms with Crippen LogP contribution >= 0.6 is 15.9 Å². The number of halogens is 1. The number of ether oxygens (including phenoxy) is 1. The minimum absolute atomic E-state index is 0.219. The summed E-state index contributed by atoms with van der Waals surface area (Å²) in [6.45, 7) is 2.91. The molecule has 1 heterocycles. The van der Waals surface area contributed by atoms with Crippen LogP contribution in [0.15, 0.2) is 28.7 Å². The molecule has 1 aliphatic rings. The Morgan fingerprint density at radius 3 is 2.95 bits per heavy atom. The maximum atomic E-state index is 12.0. The van der Waals surface area contributed by atoms with Crippen molar-refractivity contribution >= 4 is 21.8 Å². The van der Waals surface area contributed by atoms with Gasteiger partial charge in [-0.05, 0) is 53.4 Å². The van der Waals surface area contributed by atoms with E-state index >= 15 is 0 Å². The first-order valence-electron chi connectivity index (χ1n) is 7.06. The number of carbonyl (C=O) groups is 1. The molecule has 2 rings (SSSR count). The van der Waals surface area contributed by atoms with Gasteiger partial charge < -0.3 is 15.4 Å². The monoisotopic (exact) mass is 340 g/mol. The van der Waals surface area contributed by atoms with Gasteiger partial charge in [0.05, 0.1) is 11.1 Å². The number of para-hydroxylation sites is 1. The molecule has 20 heavy (non-hydrogen) atoms. The average Bonchev–Trinajstić information content (AvgIpc) is 2.94. The van der Waals surface area contributed by atoms with Gasteiger partial charge in [-0.2, -0.15) is 0 Å². The van der Waals surface area contributed by atoms with Crippen molar-refractivity contribution in [1.29, 1.82) is 0 Å². The third-order valence-electron chi connectivity index (χ3n) is 3.60. The van der Waals surface area contributed by atoms with E-state index in [0.29, 0.717) is 25.5 Å². The zero-order valence-electron chi connectivity index (χ0n) is 11.6. The molecule has 1 unspecified atom stereocenters. The highest BCUT2D eigenvalue weighted by atomic mass is 79.9. The zero-order chi connectivity index (χ0) is 14.4. The van der Waals surface area contributed by atoms with E-state index in [1.54, 1.807) is 0 Å². The highest BCUT2D eigenvalue weighted by molar-refractivity contribution is 9.10. The highest BCUT2D eigenvalue weighted by Crippen LogP contribution is 2.24. The van der Waals surface area contributed by atoms with Crippen LogP contribution in [0, 0.1) is 5.92 Å². The summed E-state index contributed by atoms with van der Waals surface area (Å²) in [5, 5.41) is 0. The number of carbonyl (C=O) groups excluding carboxylic acids is 1. The largest absolute Gasteiger partial charge is 0.492 e. The molecule has 1 atom stereocenters. The summed E-state index contributed by atoms with van der Waals surface area (Å²) < 4.78 is 6.60. The normalized spacial score (nSPS) is 18.3. The predicted molar refractivity (Wildman–Crippen MR) is 82.6 cm³/mol. The van der Waals surface area contributed by atoms with Gasteiger partial charge in [0.25, 0.3) is 0 Å². The maximum Gasteiger partial charge on any atom is 0.222 e. The van der Waals surface area contributed by atoms with Crippen molar-refractivity contribution in [2.24, 2.45) is 11.7 Å². The molecule has 4 nitrogen and oxygen atoms in total. The Labute approximate surface area is 128 Å². The van der Waals surface area contributed by atoms with Gasteiger partial charge in [0, 0.05) is 19.5 Å². The highest BCUT2D eigenvalue weighted by Gasteiger charge is 2.24. The number of benzene rings is 1. The van der Waals surface area contributed by atoms with Crippen molar-refractivity contribution < 1.29 is 9.53 Å². The fourth-order valence-electron chi connectivity index (χ4n) is 2.38. The SMILES string of the molecule is NCC1CCN(C(=O)CCCOc2ccccc2Br)C1. The second-order valence-corrected chi connectivity index (χ2v) is 5.97. The number of rotatable bonds is 6. The predicted octanol–water partition coefficient (Wildman–Crippen LogP) is 2.42. The number of hydrogen-bond donors (Lipinski definition) is 1. The van der Waals surface area contributed by atoms with Crippen LogP contribution < -0.4 is 10.5 Å². The smallest absolute Gasteiger partial charge is 0.222 e. The molecule has 2 N–H and O–H groups in total. The van der Waals surface area contributed by atoms with Gasteiger partial charge in [-0.25, -0.2) is 0 Å². The van der Waals surface area contributed by atoms with Gasteiger partial charge in [-0.3, -0.25) is 4.79 Å². The van der Waals surface area contributed by atoms with Crippen molar-refractivity contribution in [3.8, 4) is 5.75 Å². The first-order chi connectivity index (χ1) is 9.70. The van der Waals surface area contributed by atoms with Crippen molar-refractivity contribution in [3.05, 3.63) is 28.7 Å². The molecule has 0 radical (unpaired) electrons. The molecule has 0 aliphatic carbocycles. The third-order valence-corrected chi connectivity index (χ3v) is 4.26. The number of amides is 1. The molecule has 1 saturated heterocycles. The van der Waals surface area contributed by atoms with E-state index in [-0.39, 0.29) is 5.91 Å². The molecule has 1 aromatic rings. The van der Waals surface area contributed by atoms with Crippen LogP contribution in [-0.4, -0.2) is 37.0 Å². The molecule has 0 saturated carbocycles. The summed E-state index contributed by atoms with van der Waals surface area (Å²) in [5.74, 6) is 1.52. The average molecular weight is 341 g/mol. The molecule has 1 aliphatic heterocycles. The summed E-state index contributed by atoms with van der Waals surface area (Å²) in [4.78, 5) is 13.9. The Bertz CT molecular complexity index is 453. The fourth-order valence-corrected chi connectivity index (χ4v) is 2.78. The molecular weight excluding hydrogens is 320 g/mol. The quantitative estimate of drug-likeness (QED) is 0.809. The summed E-state index contributed by atoms with van der Waals surface area (Å²) in [6.07, 6.45) is 2.32. The van der Waals surface area contributed by atoms with Crippen molar-refractivity contribution in [2.75, 3.05) is 26.2 Å².